The highest BCUT2D eigenvalue weighted by Gasteiger charge is 2.38. The van der Waals surface area contributed by atoms with E-state index >= 15 is 0 Å². The van der Waals surface area contributed by atoms with E-state index in [1.54, 1.807) is 35.2 Å². The lowest BCUT2D eigenvalue weighted by molar-refractivity contribution is -0.142. The second-order valence-corrected chi connectivity index (χ2v) is 16.2. The van der Waals surface area contributed by atoms with E-state index in [1.165, 1.54) is 0 Å². The van der Waals surface area contributed by atoms with Gasteiger partial charge in [-0.05, 0) is 127 Å². The third kappa shape index (κ3) is 13.3. The van der Waals surface area contributed by atoms with Crippen LogP contribution >= 0.6 is 24.8 Å². The molecule has 5 rings (SSSR count). The molecule has 2 aliphatic heterocycles. The van der Waals surface area contributed by atoms with Crippen LogP contribution in [0.4, 0.5) is 0 Å². The second kappa shape index (κ2) is 23.7. The van der Waals surface area contributed by atoms with E-state index in [-0.39, 0.29) is 66.0 Å². The Hall–Kier alpha value is -3.87. The molecule has 3 aromatic rings. The Bertz CT molecular complexity index is 1740. The number of amides is 3. The second-order valence-electron chi connectivity index (χ2n) is 16.2. The summed E-state index contributed by atoms with van der Waals surface area (Å²) in [4.78, 5) is 45.9. The van der Waals surface area contributed by atoms with Gasteiger partial charge in [0.25, 0.3) is 0 Å². The van der Waals surface area contributed by atoms with Crippen molar-refractivity contribution in [2.24, 2.45) is 0 Å². The first kappa shape index (κ1) is 50.3. The molecular formula is C45H68Cl2N6O5. The number of carbonyl (C=O) groups excluding carboxylic acids is 3. The summed E-state index contributed by atoms with van der Waals surface area (Å²) in [5.41, 5.74) is 4.65. The predicted octanol–water partition coefficient (Wildman–Crippen LogP) is 6.51. The van der Waals surface area contributed by atoms with Crippen LogP contribution in [0, 0.1) is 0 Å². The van der Waals surface area contributed by atoms with E-state index in [2.05, 4.69) is 81.1 Å². The van der Waals surface area contributed by atoms with Crippen LogP contribution in [-0.4, -0.2) is 106 Å². The molecule has 0 saturated heterocycles. The van der Waals surface area contributed by atoms with E-state index < -0.39 is 6.04 Å². The normalized spacial score (nSPS) is 16.5. The van der Waals surface area contributed by atoms with Crippen molar-refractivity contribution in [2.45, 2.75) is 117 Å². The molecule has 3 unspecified atom stereocenters. The number of benzene rings is 3. The van der Waals surface area contributed by atoms with Crippen molar-refractivity contribution in [2.75, 3.05) is 39.3 Å². The summed E-state index contributed by atoms with van der Waals surface area (Å²) in [5.74, 6) is -0.153. The quantitative estimate of drug-likeness (QED) is 0.124. The van der Waals surface area contributed by atoms with Gasteiger partial charge in [0.1, 0.15) is 23.6 Å². The number of hydrogen-bond donors (Lipinski definition) is 5. The summed E-state index contributed by atoms with van der Waals surface area (Å²) in [7, 11) is 0. The van der Waals surface area contributed by atoms with Crippen LogP contribution in [0.15, 0.2) is 66.7 Å². The number of nitrogens with one attached hydrogen (secondary N) is 3. The number of carbonyl (C=O) groups is 3. The first-order valence-corrected chi connectivity index (χ1v) is 20.4. The molecule has 0 fully saturated rings. The van der Waals surface area contributed by atoms with Crippen molar-refractivity contribution in [3.05, 3.63) is 94.5 Å². The summed E-state index contributed by atoms with van der Waals surface area (Å²) >= 11 is 0. The minimum atomic E-state index is -0.709. The number of phenolic OH excluding ortho intramolecular Hbond substituents is 2. The lowest BCUT2D eigenvalue weighted by Crippen LogP contribution is -2.50. The SMILES string of the molecule is CC(C(=O)N1CCc2cc(O)ccc2C1C(=O)NCCN(C(C)C)C(C)C)c1ccccc1.CC(C)N(CCNC(=O)C1NCCc2cc(O)ccc21)C(C)C.Cl.Cl. The Balaban J connectivity index is 0.000000410. The highest BCUT2D eigenvalue weighted by Crippen LogP contribution is 2.34. The Morgan fingerprint density at radius 1 is 0.690 bits per heavy atom. The third-order valence-electron chi connectivity index (χ3n) is 11.0. The van der Waals surface area contributed by atoms with Crippen LogP contribution in [0.3, 0.4) is 0 Å². The molecule has 322 valence electrons. The van der Waals surface area contributed by atoms with E-state index in [0.29, 0.717) is 50.2 Å². The van der Waals surface area contributed by atoms with Crippen LogP contribution in [0.1, 0.15) is 108 Å². The van der Waals surface area contributed by atoms with Gasteiger partial charge in [-0.2, -0.15) is 0 Å². The zero-order valence-electron chi connectivity index (χ0n) is 35.8. The molecule has 3 amide bonds. The molecular weight excluding hydrogens is 775 g/mol. The molecule has 0 aliphatic carbocycles. The molecule has 3 aromatic carbocycles. The number of aromatic hydroxyl groups is 2. The maximum absolute atomic E-state index is 13.5. The molecule has 0 aromatic heterocycles. The smallest absolute Gasteiger partial charge is 0.247 e. The van der Waals surface area contributed by atoms with Gasteiger partial charge in [-0.3, -0.25) is 24.2 Å². The van der Waals surface area contributed by atoms with Crippen LogP contribution < -0.4 is 16.0 Å². The molecule has 2 aliphatic rings. The molecule has 11 nitrogen and oxygen atoms in total. The molecule has 0 saturated carbocycles. The zero-order chi connectivity index (χ0) is 41.1. The minimum absolute atomic E-state index is 0. The average molecular weight is 844 g/mol. The highest BCUT2D eigenvalue weighted by molar-refractivity contribution is 5.92. The number of halogens is 2. The predicted molar refractivity (Wildman–Crippen MR) is 238 cm³/mol. The molecule has 13 heteroatoms. The molecule has 2 heterocycles. The fourth-order valence-corrected chi connectivity index (χ4v) is 8.09. The number of fused-ring (bicyclic) bond motifs is 2. The van der Waals surface area contributed by atoms with Crippen LogP contribution in [0.5, 0.6) is 11.5 Å². The van der Waals surface area contributed by atoms with Gasteiger partial charge in [-0.15, -0.1) is 24.8 Å². The van der Waals surface area contributed by atoms with Crippen molar-refractivity contribution in [3.8, 4) is 11.5 Å². The number of nitrogens with zero attached hydrogens (tertiary/aromatic N) is 3. The van der Waals surface area contributed by atoms with E-state index in [1.807, 2.05) is 43.3 Å². The monoisotopic (exact) mass is 842 g/mol. The van der Waals surface area contributed by atoms with Crippen molar-refractivity contribution in [3.63, 3.8) is 0 Å². The van der Waals surface area contributed by atoms with Crippen molar-refractivity contribution in [1.82, 2.24) is 30.7 Å². The Morgan fingerprint density at radius 2 is 1.17 bits per heavy atom. The summed E-state index contributed by atoms with van der Waals surface area (Å²) in [5, 5.41) is 28.9. The molecule has 58 heavy (non-hydrogen) atoms. The molecule has 0 bridgehead atoms. The minimum Gasteiger partial charge on any atom is -0.508 e. The standard InChI is InChI=1S/C27H37N3O3.C18H29N3O2.2ClH/c1-18(2)29(19(3)4)16-14-28-26(32)25-24-12-11-23(31)17-22(24)13-15-30(25)27(33)20(5)21-9-7-6-8-10-21;1-12(2)21(13(3)4)10-9-20-18(23)17-16-6-5-15(22)11-14(16)7-8-19-17;;/h6-12,17-20,25,31H,13-16H2,1-5H3,(H,28,32);5-6,11-13,17,19,22H,7-10H2,1-4H3,(H,20,23);2*1H. The number of rotatable bonds is 14. The number of phenols is 2. The largest absolute Gasteiger partial charge is 0.508 e. The first-order valence-electron chi connectivity index (χ1n) is 20.4. The Labute approximate surface area is 359 Å². The van der Waals surface area contributed by atoms with Crippen molar-refractivity contribution < 1.29 is 24.6 Å². The zero-order valence-corrected chi connectivity index (χ0v) is 37.5. The van der Waals surface area contributed by atoms with Gasteiger partial charge in [0, 0.05) is 63.4 Å². The maximum atomic E-state index is 13.5. The fraction of sp³-hybridized carbons (Fsp3) is 0.533. The molecule has 0 spiro atoms. The van der Waals surface area contributed by atoms with Gasteiger partial charge in [0.15, 0.2) is 0 Å². The molecule has 0 radical (unpaired) electrons. The van der Waals surface area contributed by atoms with E-state index in [4.69, 9.17) is 0 Å². The van der Waals surface area contributed by atoms with Gasteiger partial charge in [-0.25, -0.2) is 0 Å². The summed E-state index contributed by atoms with van der Waals surface area (Å²) in [6.45, 7) is 23.1. The first-order chi connectivity index (χ1) is 26.6. The molecule has 5 N–H and O–H groups in total. The van der Waals surface area contributed by atoms with E-state index in [9.17, 15) is 24.6 Å². The fourth-order valence-electron chi connectivity index (χ4n) is 8.09. The summed E-state index contributed by atoms with van der Waals surface area (Å²) in [6, 6.07) is 20.6. The summed E-state index contributed by atoms with van der Waals surface area (Å²) < 4.78 is 0. The third-order valence-corrected chi connectivity index (χ3v) is 11.0. The lowest BCUT2D eigenvalue weighted by atomic mass is 9.89. The van der Waals surface area contributed by atoms with Crippen LogP contribution in [-0.2, 0) is 27.2 Å². The average Bonchev–Trinajstić information content (AvgIpc) is 3.16. The maximum Gasteiger partial charge on any atom is 0.247 e. The van der Waals surface area contributed by atoms with Crippen molar-refractivity contribution >= 4 is 42.5 Å². The van der Waals surface area contributed by atoms with Gasteiger partial charge in [0.2, 0.25) is 17.7 Å². The van der Waals surface area contributed by atoms with Crippen LogP contribution in [0.25, 0.3) is 0 Å². The highest BCUT2D eigenvalue weighted by atomic mass is 35.5. The van der Waals surface area contributed by atoms with Crippen LogP contribution in [0.2, 0.25) is 0 Å². The molecule has 3 atom stereocenters. The Morgan fingerprint density at radius 3 is 1.69 bits per heavy atom. The van der Waals surface area contributed by atoms with E-state index in [0.717, 1.165) is 53.9 Å². The Kier molecular flexibility index (Phi) is 20.5. The summed E-state index contributed by atoms with van der Waals surface area (Å²) in [6.07, 6.45) is 1.44. The topological polar surface area (TPSA) is 137 Å². The van der Waals surface area contributed by atoms with Gasteiger partial charge >= 0.3 is 0 Å². The van der Waals surface area contributed by atoms with Crippen molar-refractivity contribution in [1.29, 1.82) is 0 Å². The van der Waals surface area contributed by atoms with Gasteiger partial charge in [0.05, 0.1) is 5.92 Å². The van der Waals surface area contributed by atoms with Gasteiger partial charge in [-0.1, -0.05) is 42.5 Å². The lowest BCUT2D eigenvalue weighted by Gasteiger charge is -2.38. The number of hydrogen-bond acceptors (Lipinski definition) is 8. The van der Waals surface area contributed by atoms with Gasteiger partial charge < -0.3 is 31.1 Å².